The Balaban J connectivity index is 2.08. The van der Waals surface area contributed by atoms with Gasteiger partial charge in [0.05, 0.1) is 18.1 Å². The van der Waals surface area contributed by atoms with Crippen LogP contribution in [0.1, 0.15) is 39.0 Å². The second-order valence-electron chi connectivity index (χ2n) is 5.98. The van der Waals surface area contributed by atoms with Crippen LogP contribution in [0.4, 0.5) is 4.79 Å². The molecule has 2 aliphatic rings. The number of carbonyl (C=O) groups is 3. The molecule has 4 atom stereocenters. The second kappa shape index (κ2) is 6.95. The van der Waals surface area contributed by atoms with E-state index < -0.39 is 12.1 Å². The summed E-state index contributed by atoms with van der Waals surface area (Å²) < 4.78 is 0. The number of carboxylic acid groups (broad SMARTS) is 1. The lowest BCUT2D eigenvalue weighted by Gasteiger charge is -2.41. The minimum Gasteiger partial charge on any atom is -0.465 e. The van der Waals surface area contributed by atoms with Crippen molar-refractivity contribution in [2.45, 2.75) is 63.2 Å². The van der Waals surface area contributed by atoms with Gasteiger partial charge in [0.15, 0.2) is 0 Å². The maximum atomic E-state index is 12.1. The highest BCUT2D eigenvalue weighted by atomic mass is 16.4. The summed E-state index contributed by atoms with van der Waals surface area (Å²) in [5.41, 5.74) is 5.77. The number of hydrogen-bond donors (Lipinski definition) is 4. The predicted molar refractivity (Wildman–Crippen MR) is 79.1 cm³/mol. The van der Waals surface area contributed by atoms with E-state index in [1.165, 1.54) is 0 Å². The summed E-state index contributed by atoms with van der Waals surface area (Å²) in [5.74, 6) is -0.174. The molecule has 0 bridgehead atoms. The molecule has 2 fully saturated rings. The third-order valence-corrected chi connectivity index (χ3v) is 4.49. The minimum absolute atomic E-state index is 0.0783. The molecular weight excluding hydrogens is 288 g/mol. The number of hydrogen-bond acceptors (Lipinski definition) is 4. The molecule has 0 aromatic carbocycles. The molecule has 22 heavy (non-hydrogen) atoms. The Morgan fingerprint density at radius 3 is 2.59 bits per heavy atom. The first-order valence-electron chi connectivity index (χ1n) is 7.77. The fourth-order valence-corrected chi connectivity index (χ4v) is 3.35. The Morgan fingerprint density at radius 1 is 1.32 bits per heavy atom. The van der Waals surface area contributed by atoms with Crippen LogP contribution in [0.2, 0.25) is 0 Å². The number of likely N-dealkylation sites (tertiary alicyclic amines) is 1. The molecule has 5 N–H and O–H groups in total. The summed E-state index contributed by atoms with van der Waals surface area (Å²) in [4.78, 5) is 36.4. The Morgan fingerprint density at radius 2 is 2.05 bits per heavy atom. The predicted octanol–water partition coefficient (Wildman–Crippen LogP) is -0.370. The molecule has 0 radical (unpaired) electrons. The maximum absolute atomic E-state index is 12.1. The lowest BCUT2D eigenvalue weighted by atomic mass is 9.85. The zero-order chi connectivity index (χ0) is 16.3. The van der Waals surface area contributed by atoms with Crippen LogP contribution in [0.15, 0.2) is 0 Å². The van der Waals surface area contributed by atoms with Gasteiger partial charge in [-0.2, -0.15) is 0 Å². The molecule has 8 heteroatoms. The summed E-state index contributed by atoms with van der Waals surface area (Å²) in [5, 5.41) is 14.3. The first-order chi connectivity index (χ1) is 10.4. The molecule has 0 aromatic heterocycles. The standard InChI is InChI=1S/C14H24N4O4/c1-2-12(19)17-10-7-8(16-14(21)22)3-4-11(10)18-6-5-9(15)13(18)20/h8-11,16H,2-7,15H2,1H3,(H,17,19)(H,21,22)/t8?,9?,10-,11+/m1/s1. The Labute approximate surface area is 129 Å². The lowest BCUT2D eigenvalue weighted by Crippen LogP contribution is -2.58. The lowest BCUT2D eigenvalue weighted by molar-refractivity contribution is -0.133. The van der Waals surface area contributed by atoms with Gasteiger partial charge in [0.1, 0.15) is 0 Å². The highest BCUT2D eigenvalue weighted by Gasteiger charge is 2.41. The van der Waals surface area contributed by atoms with E-state index >= 15 is 0 Å². The van der Waals surface area contributed by atoms with Gasteiger partial charge in [0.25, 0.3) is 0 Å². The van der Waals surface area contributed by atoms with Crippen LogP contribution >= 0.6 is 0 Å². The third kappa shape index (κ3) is 3.68. The summed E-state index contributed by atoms with van der Waals surface area (Å²) in [7, 11) is 0. The molecule has 1 aliphatic carbocycles. The molecule has 1 heterocycles. The number of nitrogens with zero attached hydrogens (tertiary/aromatic N) is 1. The van der Waals surface area contributed by atoms with E-state index in [0.29, 0.717) is 38.6 Å². The zero-order valence-electron chi connectivity index (χ0n) is 12.7. The van der Waals surface area contributed by atoms with Gasteiger partial charge in [-0.15, -0.1) is 0 Å². The van der Waals surface area contributed by atoms with Gasteiger partial charge >= 0.3 is 6.09 Å². The third-order valence-electron chi connectivity index (χ3n) is 4.49. The van der Waals surface area contributed by atoms with E-state index in [4.69, 9.17) is 10.8 Å². The molecule has 1 aliphatic heterocycles. The molecule has 8 nitrogen and oxygen atoms in total. The van der Waals surface area contributed by atoms with Crippen molar-refractivity contribution in [2.24, 2.45) is 5.73 Å². The number of amides is 3. The number of nitrogens with one attached hydrogen (secondary N) is 2. The number of rotatable bonds is 4. The number of nitrogens with two attached hydrogens (primary N) is 1. The molecule has 2 unspecified atom stereocenters. The van der Waals surface area contributed by atoms with E-state index in [0.717, 1.165) is 0 Å². The summed E-state index contributed by atoms with van der Waals surface area (Å²) in [6, 6.07) is -1.02. The first-order valence-corrected chi connectivity index (χ1v) is 7.77. The summed E-state index contributed by atoms with van der Waals surface area (Å²) >= 11 is 0. The van der Waals surface area contributed by atoms with Gasteiger partial charge in [0.2, 0.25) is 11.8 Å². The average molecular weight is 312 g/mol. The molecule has 3 amide bonds. The van der Waals surface area contributed by atoms with E-state index in [-0.39, 0.29) is 29.9 Å². The van der Waals surface area contributed by atoms with Crippen LogP contribution in [-0.4, -0.2) is 58.6 Å². The molecule has 1 saturated heterocycles. The van der Waals surface area contributed by atoms with E-state index in [1.807, 2.05) is 0 Å². The van der Waals surface area contributed by atoms with Crippen molar-refractivity contribution in [3.8, 4) is 0 Å². The van der Waals surface area contributed by atoms with Gasteiger partial charge < -0.3 is 26.4 Å². The van der Waals surface area contributed by atoms with Gasteiger partial charge in [-0.25, -0.2) is 4.79 Å². The number of carbonyl (C=O) groups excluding carboxylic acids is 2. The van der Waals surface area contributed by atoms with Crippen LogP contribution in [0.25, 0.3) is 0 Å². The Kier molecular flexibility index (Phi) is 5.23. The van der Waals surface area contributed by atoms with Crippen molar-refractivity contribution in [3.63, 3.8) is 0 Å². The van der Waals surface area contributed by atoms with Gasteiger partial charge in [-0.1, -0.05) is 6.92 Å². The molecule has 0 aromatic rings. The molecule has 0 spiro atoms. The van der Waals surface area contributed by atoms with Crippen LogP contribution in [-0.2, 0) is 9.59 Å². The highest BCUT2D eigenvalue weighted by molar-refractivity contribution is 5.84. The Hall–Kier alpha value is -1.83. The normalized spacial score (nSPS) is 31.9. The van der Waals surface area contributed by atoms with Crippen molar-refractivity contribution in [1.82, 2.24) is 15.5 Å². The second-order valence-corrected chi connectivity index (χ2v) is 5.98. The van der Waals surface area contributed by atoms with Crippen LogP contribution in [0.5, 0.6) is 0 Å². The average Bonchev–Trinajstić information content (AvgIpc) is 2.79. The van der Waals surface area contributed by atoms with E-state index in [1.54, 1.807) is 11.8 Å². The van der Waals surface area contributed by atoms with Crippen molar-refractivity contribution in [1.29, 1.82) is 0 Å². The fraction of sp³-hybridized carbons (Fsp3) is 0.786. The van der Waals surface area contributed by atoms with Crippen molar-refractivity contribution < 1.29 is 19.5 Å². The van der Waals surface area contributed by atoms with E-state index in [9.17, 15) is 14.4 Å². The quantitative estimate of drug-likeness (QED) is 0.563. The smallest absolute Gasteiger partial charge is 0.404 e. The van der Waals surface area contributed by atoms with Gasteiger partial charge in [-0.3, -0.25) is 9.59 Å². The SMILES string of the molecule is CCC(=O)N[C@@H]1CC(NC(=O)O)CC[C@@H]1N1CCC(N)C1=O. The van der Waals surface area contributed by atoms with Crippen molar-refractivity contribution in [2.75, 3.05) is 6.54 Å². The summed E-state index contributed by atoms with van der Waals surface area (Å²) in [6.07, 6.45) is 1.70. The first kappa shape index (κ1) is 16.5. The maximum Gasteiger partial charge on any atom is 0.404 e. The molecule has 1 saturated carbocycles. The minimum atomic E-state index is -1.07. The van der Waals surface area contributed by atoms with E-state index in [2.05, 4.69) is 10.6 Å². The topological polar surface area (TPSA) is 125 Å². The molecule has 2 rings (SSSR count). The molecular formula is C14H24N4O4. The van der Waals surface area contributed by atoms with Crippen LogP contribution in [0.3, 0.4) is 0 Å². The largest absolute Gasteiger partial charge is 0.465 e. The Bertz CT molecular complexity index is 456. The monoisotopic (exact) mass is 312 g/mol. The zero-order valence-corrected chi connectivity index (χ0v) is 12.7. The highest BCUT2D eigenvalue weighted by Crippen LogP contribution is 2.27. The van der Waals surface area contributed by atoms with Gasteiger partial charge in [-0.05, 0) is 25.7 Å². The fourth-order valence-electron chi connectivity index (χ4n) is 3.35. The van der Waals surface area contributed by atoms with Crippen molar-refractivity contribution >= 4 is 17.9 Å². The van der Waals surface area contributed by atoms with Crippen molar-refractivity contribution in [3.05, 3.63) is 0 Å². The van der Waals surface area contributed by atoms with Gasteiger partial charge in [0, 0.05) is 19.0 Å². The molecule has 124 valence electrons. The van der Waals surface area contributed by atoms with Crippen LogP contribution in [0, 0.1) is 0 Å². The van der Waals surface area contributed by atoms with Crippen LogP contribution < -0.4 is 16.4 Å². The summed E-state index contributed by atoms with van der Waals surface area (Å²) in [6.45, 7) is 2.36.